The van der Waals surface area contributed by atoms with Crippen molar-refractivity contribution in [2.45, 2.75) is 18.4 Å². The second kappa shape index (κ2) is 8.01. The topological polar surface area (TPSA) is 88.2 Å². The van der Waals surface area contributed by atoms with Crippen LogP contribution >= 0.6 is 0 Å². The van der Waals surface area contributed by atoms with Gasteiger partial charge in [0.1, 0.15) is 0 Å². The van der Waals surface area contributed by atoms with Crippen LogP contribution in [0, 0.1) is 6.92 Å². The van der Waals surface area contributed by atoms with Gasteiger partial charge in [-0.15, -0.1) is 0 Å². The lowest BCUT2D eigenvalue weighted by Gasteiger charge is -2.12. The molecule has 0 aliphatic carbocycles. The van der Waals surface area contributed by atoms with Crippen LogP contribution in [-0.4, -0.2) is 19.3 Å². The number of carbonyl (C=O) groups is 1. The van der Waals surface area contributed by atoms with E-state index < -0.39 is 10.0 Å². The summed E-state index contributed by atoms with van der Waals surface area (Å²) in [7, 11) is -3.67. The maximum atomic E-state index is 12.4. The Morgan fingerprint density at radius 3 is 2.41 bits per heavy atom. The largest absolute Gasteiger partial charge is 0.346 e. The highest BCUT2D eigenvalue weighted by Crippen LogP contribution is 2.21. The summed E-state index contributed by atoms with van der Waals surface area (Å²) in [6.07, 6.45) is 1.67. The number of pyridine rings is 1. The van der Waals surface area contributed by atoms with Crippen LogP contribution in [0.2, 0.25) is 0 Å². The predicted octanol–water partition coefficient (Wildman–Crippen LogP) is 3.12. The lowest BCUT2D eigenvalue weighted by Crippen LogP contribution is -2.23. The highest BCUT2D eigenvalue weighted by Gasteiger charge is 2.15. The Hall–Kier alpha value is -3.19. The molecule has 7 heteroatoms. The zero-order chi connectivity index (χ0) is 19.3. The first kappa shape index (κ1) is 18.6. The molecule has 0 radical (unpaired) electrons. The molecule has 0 atom stereocenters. The zero-order valence-electron chi connectivity index (χ0n) is 14.7. The van der Waals surface area contributed by atoms with Gasteiger partial charge in [-0.25, -0.2) is 8.42 Å². The Bertz CT molecular complexity index is 1040. The molecule has 3 aromatic rings. The van der Waals surface area contributed by atoms with Crippen LogP contribution < -0.4 is 10.0 Å². The highest BCUT2D eigenvalue weighted by molar-refractivity contribution is 7.92. The molecule has 1 amide bonds. The number of hydrogen-bond acceptors (Lipinski definition) is 4. The SMILES string of the molecule is Cc1cc(C(=O)NCc2ccccn2)ccc1NS(=O)(=O)c1ccccc1. The smallest absolute Gasteiger partial charge is 0.261 e. The van der Waals surface area contributed by atoms with E-state index in [0.29, 0.717) is 23.4 Å². The van der Waals surface area contributed by atoms with E-state index in [2.05, 4.69) is 15.0 Å². The Morgan fingerprint density at radius 1 is 1.00 bits per heavy atom. The lowest BCUT2D eigenvalue weighted by molar-refractivity contribution is 0.0950. The van der Waals surface area contributed by atoms with Gasteiger partial charge in [0.25, 0.3) is 15.9 Å². The molecule has 0 fully saturated rings. The van der Waals surface area contributed by atoms with E-state index in [4.69, 9.17) is 0 Å². The quantitative estimate of drug-likeness (QED) is 0.687. The first-order chi connectivity index (χ1) is 13.0. The van der Waals surface area contributed by atoms with Crippen molar-refractivity contribution in [3.05, 3.63) is 89.7 Å². The van der Waals surface area contributed by atoms with Gasteiger partial charge in [-0.3, -0.25) is 14.5 Å². The van der Waals surface area contributed by atoms with E-state index in [0.717, 1.165) is 5.69 Å². The number of benzene rings is 2. The van der Waals surface area contributed by atoms with Gasteiger partial charge in [0, 0.05) is 11.8 Å². The third-order valence-electron chi connectivity index (χ3n) is 3.94. The fourth-order valence-corrected chi connectivity index (χ4v) is 3.65. The number of hydrogen-bond donors (Lipinski definition) is 2. The summed E-state index contributed by atoms with van der Waals surface area (Å²) in [6.45, 7) is 2.07. The molecule has 3 rings (SSSR count). The molecule has 2 aromatic carbocycles. The van der Waals surface area contributed by atoms with E-state index >= 15 is 0 Å². The van der Waals surface area contributed by atoms with Crippen LogP contribution in [0.25, 0.3) is 0 Å². The number of amides is 1. The molecular formula is C20H19N3O3S. The van der Waals surface area contributed by atoms with E-state index in [1.165, 1.54) is 12.1 Å². The van der Waals surface area contributed by atoms with Gasteiger partial charge in [0.15, 0.2) is 0 Å². The highest BCUT2D eigenvalue weighted by atomic mass is 32.2. The number of aromatic nitrogens is 1. The fourth-order valence-electron chi connectivity index (χ4n) is 2.50. The number of nitrogens with zero attached hydrogens (tertiary/aromatic N) is 1. The molecule has 0 saturated carbocycles. The number of nitrogens with one attached hydrogen (secondary N) is 2. The van der Waals surface area contributed by atoms with Crippen LogP contribution in [0.1, 0.15) is 21.6 Å². The predicted molar refractivity (Wildman–Crippen MR) is 104 cm³/mol. The van der Waals surface area contributed by atoms with Gasteiger partial charge in [-0.2, -0.15) is 0 Å². The summed E-state index contributed by atoms with van der Waals surface area (Å²) >= 11 is 0. The molecule has 0 unspecified atom stereocenters. The molecule has 6 nitrogen and oxygen atoms in total. The molecule has 138 valence electrons. The molecule has 0 aliphatic heterocycles. The second-order valence-electron chi connectivity index (χ2n) is 5.95. The van der Waals surface area contributed by atoms with Crippen molar-refractivity contribution in [2.75, 3.05) is 4.72 Å². The molecule has 0 aliphatic rings. The number of aryl methyl sites for hydroxylation is 1. The van der Waals surface area contributed by atoms with Crippen molar-refractivity contribution >= 4 is 21.6 Å². The normalized spacial score (nSPS) is 11.0. The van der Waals surface area contributed by atoms with Crippen molar-refractivity contribution < 1.29 is 13.2 Å². The zero-order valence-corrected chi connectivity index (χ0v) is 15.5. The molecular weight excluding hydrogens is 362 g/mol. The maximum absolute atomic E-state index is 12.4. The average molecular weight is 381 g/mol. The first-order valence-electron chi connectivity index (χ1n) is 8.32. The van der Waals surface area contributed by atoms with Gasteiger partial charge in [0.05, 0.1) is 22.8 Å². The molecule has 1 heterocycles. The van der Waals surface area contributed by atoms with E-state index in [-0.39, 0.29) is 10.8 Å². The minimum Gasteiger partial charge on any atom is -0.346 e. The van der Waals surface area contributed by atoms with Gasteiger partial charge >= 0.3 is 0 Å². The van der Waals surface area contributed by atoms with Gasteiger partial charge < -0.3 is 5.32 Å². The third kappa shape index (κ3) is 4.71. The van der Waals surface area contributed by atoms with E-state index in [1.54, 1.807) is 49.5 Å². The van der Waals surface area contributed by atoms with Crippen molar-refractivity contribution in [1.29, 1.82) is 0 Å². The number of carbonyl (C=O) groups excluding carboxylic acids is 1. The van der Waals surface area contributed by atoms with Gasteiger partial charge in [-0.1, -0.05) is 24.3 Å². The van der Waals surface area contributed by atoms with Crippen LogP contribution in [0.3, 0.4) is 0 Å². The Labute approximate surface area is 158 Å². The van der Waals surface area contributed by atoms with E-state index in [9.17, 15) is 13.2 Å². The standard InChI is InChI=1S/C20H19N3O3S/c1-15-13-16(20(24)22-14-17-7-5-6-12-21-17)10-11-19(15)23-27(25,26)18-8-3-2-4-9-18/h2-13,23H,14H2,1H3,(H,22,24). The van der Waals surface area contributed by atoms with Crippen molar-refractivity contribution in [3.63, 3.8) is 0 Å². The maximum Gasteiger partial charge on any atom is 0.261 e. The number of sulfonamides is 1. The summed E-state index contributed by atoms with van der Waals surface area (Å²) in [5.74, 6) is -0.249. The average Bonchev–Trinajstić information content (AvgIpc) is 2.69. The molecule has 0 spiro atoms. The summed E-state index contributed by atoms with van der Waals surface area (Å²) in [5.41, 5.74) is 2.29. The van der Waals surface area contributed by atoms with Crippen molar-refractivity contribution in [1.82, 2.24) is 10.3 Å². The first-order valence-corrected chi connectivity index (χ1v) is 9.81. The lowest BCUT2D eigenvalue weighted by atomic mass is 10.1. The number of rotatable bonds is 6. The summed E-state index contributed by atoms with van der Waals surface area (Å²) < 4.78 is 27.4. The van der Waals surface area contributed by atoms with Gasteiger partial charge in [0.2, 0.25) is 0 Å². The van der Waals surface area contributed by atoms with Crippen LogP contribution in [0.5, 0.6) is 0 Å². The monoisotopic (exact) mass is 381 g/mol. The van der Waals surface area contributed by atoms with Crippen molar-refractivity contribution in [3.8, 4) is 0 Å². The third-order valence-corrected chi connectivity index (χ3v) is 5.32. The second-order valence-corrected chi connectivity index (χ2v) is 7.63. The Morgan fingerprint density at radius 2 is 1.74 bits per heavy atom. The number of anilines is 1. The Balaban J connectivity index is 1.71. The minimum absolute atomic E-state index is 0.182. The summed E-state index contributed by atoms with van der Waals surface area (Å²) in [5, 5.41) is 2.80. The van der Waals surface area contributed by atoms with Gasteiger partial charge in [-0.05, 0) is 55.0 Å². The van der Waals surface area contributed by atoms with Crippen LogP contribution in [0.4, 0.5) is 5.69 Å². The van der Waals surface area contributed by atoms with Crippen LogP contribution in [0.15, 0.2) is 77.8 Å². The Kier molecular flexibility index (Phi) is 5.52. The van der Waals surface area contributed by atoms with E-state index in [1.807, 2.05) is 18.2 Å². The van der Waals surface area contributed by atoms with Crippen LogP contribution in [-0.2, 0) is 16.6 Å². The minimum atomic E-state index is -3.67. The molecule has 0 bridgehead atoms. The summed E-state index contributed by atoms with van der Waals surface area (Å²) in [6, 6.07) is 18.4. The molecule has 27 heavy (non-hydrogen) atoms. The molecule has 0 saturated heterocycles. The van der Waals surface area contributed by atoms with Crippen molar-refractivity contribution in [2.24, 2.45) is 0 Å². The molecule has 1 aromatic heterocycles. The molecule has 2 N–H and O–H groups in total. The summed E-state index contributed by atoms with van der Waals surface area (Å²) in [4.78, 5) is 16.6. The fraction of sp³-hybridized carbons (Fsp3) is 0.100.